The van der Waals surface area contributed by atoms with E-state index >= 15 is 0 Å². The molecule has 0 radical (unpaired) electrons. The van der Waals surface area contributed by atoms with E-state index < -0.39 is 0 Å². The van der Waals surface area contributed by atoms with Gasteiger partial charge < -0.3 is 0 Å². The highest BCUT2D eigenvalue weighted by atomic mass is 14.7. The molecule has 0 N–H and O–H groups in total. The van der Waals surface area contributed by atoms with E-state index in [1.165, 1.54) is 12.8 Å². The van der Waals surface area contributed by atoms with E-state index in [-0.39, 0.29) is 0 Å². The Morgan fingerprint density at radius 3 is 1.75 bits per heavy atom. The van der Waals surface area contributed by atoms with Crippen LogP contribution in [0.2, 0.25) is 0 Å². The lowest BCUT2D eigenvalue weighted by molar-refractivity contribution is 0.135. The predicted octanol–water partition coefficient (Wildman–Crippen LogP) is 3.43. The van der Waals surface area contributed by atoms with Gasteiger partial charge in [0.2, 0.25) is 0 Å². The van der Waals surface area contributed by atoms with Gasteiger partial charge in [0, 0.05) is 0 Å². The Hall–Kier alpha value is -0.780. The minimum Gasteiger partial charge on any atom is -0.0848 e. The van der Waals surface area contributed by atoms with Crippen LogP contribution in [-0.2, 0) is 0 Å². The monoisotopic (exact) mass is 210 g/mol. The number of allylic oxidation sites excluding steroid dienone is 6. The van der Waals surface area contributed by atoms with Gasteiger partial charge in [-0.05, 0) is 60.2 Å². The molecule has 0 amide bonds. The van der Waals surface area contributed by atoms with Gasteiger partial charge in [-0.3, -0.25) is 0 Å². The second kappa shape index (κ2) is 2.55. The van der Waals surface area contributed by atoms with Crippen LogP contribution in [0.3, 0.4) is 0 Å². The lowest BCUT2D eigenvalue weighted by atomic mass is 9.64. The second-order valence-electron chi connectivity index (χ2n) is 6.59. The third-order valence-electron chi connectivity index (χ3n) is 6.33. The molecule has 0 spiro atoms. The Labute approximate surface area is 97.1 Å². The van der Waals surface area contributed by atoms with Crippen LogP contribution in [-0.4, -0.2) is 0 Å². The van der Waals surface area contributed by atoms with Crippen molar-refractivity contribution < 1.29 is 0 Å². The van der Waals surface area contributed by atoms with Gasteiger partial charge in [-0.25, -0.2) is 0 Å². The summed E-state index contributed by atoms with van der Waals surface area (Å²) in [5, 5.41) is 0. The van der Waals surface area contributed by atoms with Crippen LogP contribution in [0.15, 0.2) is 36.5 Å². The molecule has 0 saturated heterocycles. The third-order valence-corrected chi connectivity index (χ3v) is 6.33. The van der Waals surface area contributed by atoms with Gasteiger partial charge >= 0.3 is 0 Å². The molecule has 5 rings (SSSR count). The Morgan fingerprint density at radius 2 is 1.19 bits per heavy atom. The molecule has 8 atom stereocenters. The molecule has 4 bridgehead atoms. The molecule has 0 heterocycles. The minimum atomic E-state index is 0.906. The molecule has 16 heavy (non-hydrogen) atoms. The molecule has 82 valence electrons. The van der Waals surface area contributed by atoms with Crippen molar-refractivity contribution in [2.45, 2.75) is 12.8 Å². The largest absolute Gasteiger partial charge is 0.0848 e. The van der Waals surface area contributed by atoms with Crippen molar-refractivity contribution in [3.8, 4) is 0 Å². The first-order chi connectivity index (χ1) is 7.93. The summed E-state index contributed by atoms with van der Waals surface area (Å²) in [7, 11) is 0. The van der Waals surface area contributed by atoms with E-state index in [1.54, 1.807) is 0 Å². The molecular weight excluding hydrogens is 192 g/mol. The summed E-state index contributed by atoms with van der Waals surface area (Å²) in [6.45, 7) is 0. The van der Waals surface area contributed by atoms with E-state index in [0.29, 0.717) is 0 Å². The average Bonchev–Trinajstić information content (AvgIpc) is 3.07. The van der Waals surface area contributed by atoms with E-state index in [1.807, 2.05) is 0 Å². The standard InChI is InChI=1S/C16H18/c1-2-4-12-11(3-1)13-8-14(12)16-10-6-5-9(7-10)15(13)16/h1-6,9-16H,7-8H2. The summed E-state index contributed by atoms with van der Waals surface area (Å²) in [5.41, 5.74) is 0. The molecular formula is C16H18. The van der Waals surface area contributed by atoms with E-state index in [4.69, 9.17) is 0 Å². The molecule has 0 aromatic heterocycles. The van der Waals surface area contributed by atoms with Crippen LogP contribution in [0, 0.1) is 47.3 Å². The quantitative estimate of drug-likeness (QED) is 0.424. The maximum absolute atomic E-state index is 2.55. The summed E-state index contributed by atoms with van der Waals surface area (Å²) in [4.78, 5) is 0. The van der Waals surface area contributed by atoms with Crippen LogP contribution in [0.1, 0.15) is 12.8 Å². The lowest BCUT2D eigenvalue weighted by Gasteiger charge is -2.40. The summed E-state index contributed by atoms with van der Waals surface area (Å²) in [5.74, 6) is 7.93. The van der Waals surface area contributed by atoms with E-state index in [2.05, 4.69) is 36.5 Å². The first kappa shape index (κ1) is 8.33. The van der Waals surface area contributed by atoms with E-state index in [9.17, 15) is 0 Å². The van der Waals surface area contributed by atoms with Crippen molar-refractivity contribution in [2.75, 3.05) is 0 Å². The Bertz CT molecular complexity index is 389. The van der Waals surface area contributed by atoms with Gasteiger partial charge in [-0.2, -0.15) is 0 Å². The maximum Gasteiger partial charge on any atom is -0.0133 e. The van der Waals surface area contributed by atoms with Crippen LogP contribution in [0.4, 0.5) is 0 Å². The molecule has 3 saturated carbocycles. The zero-order valence-electron chi connectivity index (χ0n) is 9.50. The SMILES string of the molecule is C1=CC2C(C=C1)C1CC2C2C3C=CC(C3)C12. The number of hydrogen-bond acceptors (Lipinski definition) is 0. The third kappa shape index (κ3) is 0.752. The van der Waals surface area contributed by atoms with Crippen LogP contribution in [0.25, 0.3) is 0 Å². The summed E-state index contributed by atoms with van der Waals surface area (Å²) < 4.78 is 0. The number of hydrogen-bond donors (Lipinski definition) is 0. The fourth-order valence-electron chi connectivity index (χ4n) is 6.06. The molecule has 0 aliphatic heterocycles. The molecule has 0 heteroatoms. The average molecular weight is 210 g/mol. The predicted molar refractivity (Wildman–Crippen MR) is 64.6 cm³/mol. The molecule has 5 aliphatic rings. The first-order valence-electron chi connectivity index (χ1n) is 6.97. The van der Waals surface area contributed by atoms with Crippen molar-refractivity contribution in [3.63, 3.8) is 0 Å². The summed E-state index contributed by atoms with van der Waals surface area (Å²) in [6, 6.07) is 0. The van der Waals surface area contributed by atoms with E-state index in [0.717, 1.165) is 47.3 Å². The van der Waals surface area contributed by atoms with Crippen molar-refractivity contribution in [3.05, 3.63) is 36.5 Å². The Morgan fingerprint density at radius 1 is 0.625 bits per heavy atom. The topological polar surface area (TPSA) is 0 Å². The van der Waals surface area contributed by atoms with Gasteiger partial charge in [0.05, 0.1) is 0 Å². The zero-order chi connectivity index (χ0) is 10.3. The highest BCUT2D eigenvalue weighted by molar-refractivity contribution is 5.28. The van der Waals surface area contributed by atoms with Gasteiger partial charge in [0.25, 0.3) is 0 Å². The molecule has 5 aliphatic carbocycles. The highest BCUT2D eigenvalue weighted by Crippen LogP contribution is 2.69. The van der Waals surface area contributed by atoms with Crippen molar-refractivity contribution in [1.29, 1.82) is 0 Å². The number of rotatable bonds is 0. The fourth-order valence-corrected chi connectivity index (χ4v) is 6.06. The summed E-state index contributed by atoms with van der Waals surface area (Å²) >= 11 is 0. The Kier molecular flexibility index (Phi) is 1.33. The molecule has 0 nitrogen and oxygen atoms in total. The van der Waals surface area contributed by atoms with Crippen LogP contribution in [0.5, 0.6) is 0 Å². The molecule has 0 aromatic rings. The van der Waals surface area contributed by atoms with Crippen molar-refractivity contribution in [1.82, 2.24) is 0 Å². The highest BCUT2D eigenvalue weighted by Gasteiger charge is 2.63. The van der Waals surface area contributed by atoms with Gasteiger partial charge in [0.1, 0.15) is 0 Å². The van der Waals surface area contributed by atoms with Gasteiger partial charge in [-0.1, -0.05) is 36.5 Å². The zero-order valence-corrected chi connectivity index (χ0v) is 9.50. The van der Waals surface area contributed by atoms with Crippen molar-refractivity contribution >= 4 is 0 Å². The second-order valence-corrected chi connectivity index (χ2v) is 6.59. The normalized spacial score (nSPS) is 63.0. The van der Waals surface area contributed by atoms with Gasteiger partial charge in [-0.15, -0.1) is 0 Å². The summed E-state index contributed by atoms with van der Waals surface area (Å²) in [6.07, 6.45) is 17.7. The lowest BCUT2D eigenvalue weighted by Crippen LogP contribution is -2.36. The smallest absolute Gasteiger partial charge is 0.0133 e. The maximum atomic E-state index is 2.55. The molecule has 8 unspecified atom stereocenters. The van der Waals surface area contributed by atoms with Crippen LogP contribution >= 0.6 is 0 Å². The number of fused-ring (bicyclic) bond motifs is 12. The molecule has 3 fully saturated rings. The van der Waals surface area contributed by atoms with Gasteiger partial charge in [0.15, 0.2) is 0 Å². The van der Waals surface area contributed by atoms with Crippen molar-refractivity contribution in [2.24, 2.45) is 47.3 Å². The molecule has 0 aromatic carbocycles. The fraction of sp³-hybridized carbons (Fsp3) is 0.625. The first-order valence-corrected chi connectivity index (χ1v) is 6.97. The van der Waals surface area contributed by atoms with Crippen LogP contribution < -0.4 is 0 Å². The minimum absolute atomic E-state index is 0.906. The Balaban J connectivity index is 1.62.